The zero-order chi connectivity index (χ0) is 28.6. The summed E-state index contributed by atoms with van der Waals surface area (Å²) in [6, 6.07) is 11.1. The van der Waals surface area contributed by atoms with Crippen molar-refractivity contribution in [2.75, 3.05) is 23.0 Å². The summed E-state index contributed by atoms with van der Waals surface area (Å²) in [6.45, 7) is 0. The predicted octanol–water partition coefficient (Wildman–Crippen LogP) is 5.26. The molecule has 0 unspecified atom stereocenters. The molecule has 0 fully saturated rings. The number of allylic oxidation sites excluding steroid dienone is 1. The van der Waals surface area contributed by atoms with Crippen molar-refractivity contribution < 1.29 is 14.0 Å². The Morgan fingerprint density at radius 3 is 2.88 bits per heavy atom. The van der Waals surface area contributed by atoms with Crippen LogP contribution in [0, 0.1) is 22.6 Å². The average Bonchev–Trinajstić information content (AvgIpc) is 3.38. The van der Waals surface area contributed by atoms with Crippen LogP contribution in [0.3, 0.4) is 0 Å². The van der Waals surface area contributed by atoms with E-state index < -0.39 is 17.8 Å². The van der Waals surface area contributed by atoms with Crippen LogP contribution in [-0.2, 0) is 9.59 Å². The minimum Gasteiger partial charge on any atom is -0.388 e. The van der Waals surface area contributed by atoms with Crippen LogP contribution < -0.4 is 21.3 Å². The smallest absolute Gasteiger partial charge is 0.254 e. The SMILES string of the molecule is CNc1ccc2c(c1)NC(=O)CC/C=C/C[C@H](NC(=O)/C(C=N)=C/Nc1cccc(Cl)c1F)c1nc-2c(C#N)[nH]1. The first-order valence-corrected chi connectivity index (χ1v) is 12.7. The number of amides is 2. The van der Waals surface area contributed by atoms with Gasteiger partial charge in [0.25, 0.3) is 5.91 Å². The molecule has 2 bridgehead atoms. The number of H-pyrrole nitrogens is 1. The lowest BCUT2D eigenvalue weighted by atomic mass is 10.1. The van der Waals surface area contributed by atoms with Crippen LogP contribution in [0.25, 0.3) is 11.3 Å². The van der Waals surface area contributed by atoms with Gasteiger partial charge in [-0.1, -0.05) is 29.8 Å². The number of rotatable bonds is 6. The van der Waals surface area contributed by atoms with Crippen molar-refractivity contribution in [1.29, 1.82) is 10.7 Å². The third kappa shape index (κ3) is 6.36. The molecule has 1 aliphatic rings. The van der Waals surface area contributed by atoms with Gasteiger partial charge in [0, 0.05) is 37.1 Å². The molecule has 0 radical (unpaired) electrons. The molecule has 2 heterocycles. The van der Waals surface area contributed by atoms with Crippen LogP contribution in [0.15, 0.2) is 60.3 Å². The van der Waals surface area contributed by atoms with Crippen molar-refractivity contribution >= 4 is 46.7 Å². The zero-order valence-corrected chi connectivity index (χ0v) is 22.2. The number of fused-ring (bicyclic) bond motifs is 4. The van der Waals surface area contributed by atoms with Gasteiger partial charge in [-0.15, -0.1) is 0 Å². The number of benzene rings is 2. The third-order valence-corrected chi connectivity index (χ3v) is 6.43. The second-order valence-electron chi connectivity index (χ2n) is 8.78. The number of carbonyl (C=O) groups excluding carboxylic acids is 2. The zero-order valence-electron chi connectivity index (χ0n) is 21.4. The van der Waals surface area contributed by atoms with E-state index in [4.69, 9.17) is 17.0 Å². The topological polar surface area (TPSA) is 159 Å². The van der Waals surface area contributed by atoms with E-state index in [1.54, 1.807) is 31.3 Å². The predicted molar refractivity (Wildman–Crippen MR) is 153 cm³/mol. The van der Waals surface area contributed by atoms with Crippen molar-refractivity contribution in [1.82, 2.24) is 15.3 Å². The fraction of sp³-hybridized carbons (Fsp3) is 0.179. The summed E-state index contributed by atoms with van der Waals surface area (Å²) >= 11 is 5.82. The maximum atomic E-state index is 14.2. The van der Waals surface area contributed by atoms with Gasteiger partial charge >= 0.3 is 0 Å². The van der Waals surface area contributed by atoms with E-state index in [0.717, 1.165) is 11.9 Å². The van der Waals surface area contributed by atoms with Crippen molar-refractivity contribution in [3.8, 4) is 17.3 Å². The number of anilines is 3. The van der Waals surface area contributed by atoms with Gasteiger partial charge < -0.3 is 31.7 Å². The normalized spacial score (nSPS) is 16.1. The van der Waals surface area contributed by atoms with Gasteiger partial charge in [-0.2, -0.15) is 5.26 Å². The monoisotopic (exact) mass is 560 g/mol. The summed E-state index contributed by atoms with van der Waals surface area (Å²) in [5, 5.41) is 28.9. The Labute approximate surface area is 234 Å². The Kier molecular flexibility index (Phi) is 8.93. The number of halogens is 2. The number of hydrogen-bond acceptors (Lipinski definition) is 7. The summed E-state index contributed by atoms with van der Waals surface area (Å²) in [7, 11) is 1.76. The molecule has 0 spiro atoms. The number of nitrogens with zero attached hydrogens (tertiary/aromatic N) is 2. The molecule has 1 atom stereocenters. The Balaban J connectivity index is 1.68. The number of nitrogens with one attached hydrogen (secondary N) is 6. The molecule has 10 nitrogen and oxygen atoms in total. The minimum absolute atomic E-state index is 0.0437. The number of hydrogen-bond donors (Lipinski definition) is 6. The van der Waals surface area contributed by atoms with Crippen molar-refractivity contribution in [3.05, 3.63) is 82.7 Å². The molecule has 4 rings (SSSR count). The quantitative estimate of drug-likeness (QED) is 0.137. The molecule has 204 valence electrons. The van der Waals surface area contributed by atoms with Gasteiger partial charge in [-0.05, 0) is 43.2 Å². The third-order valence-electron chi connectivity index (χ3n) is 6.14. The molecule has 0 saturated carbocycles. The lowest BCUT2D eigenvalue weighted by molar-refractivity contribution is -0.118. The van der Waals surface area contributed by atoms with Gasteiger partial charge in [0.2, 0.25) is 5.91 Å². The van der Waals surface area contributed by atoms with Crippen LogP contribution in [0.1, 0.15) is 36.8 Å². The minimum atomic E-state index is -0.708. The van der Waals surface area contributed by atoms with Crippen LogP contribution in [-0.4, -0.2) is 35.0 Å². The fourth-order valence-corrected chi connectivity index (χ4v) is 4.22. The van der Waals surface area contributed by atoms with Crippen LogP contribution >= 0.6 is 11.6 Å². The summed E-state index contributed by atoms with van der Waals surface area (Å²) < 4.78 is 14.2. The fourth-order valence-electron chi connectivity index (χ4n) is 4.04. The lowest BCUT2D eigenvalue weighted by Gasteiger charge is -2.16. The average molecular weight is 561 g/mol. The largest absolute Gasteiger partial charge is 0.388 e. The highest BCUT2D eigenvalue weighted by Gasteiger charge is 2.24. The highest BCUT2D eigenvalue weighted by atomic mass is 35.5. The molecule has 2 aromatic carbocycles. The van der Waals surface area contributed by atoms with Crippen molar-refractivity contribution in [2.45, 2.75) is 25.3 Å². The van der Waals surface area contributed by atoms with Crippen LogP contribution in [0.2, 0.25) is 5.02 Å². The summed E-state index contributed by atoms with van der Waals surface area (Å²) in [6.07, 6.45) is 6.67. The molecule has 40 heavy (non-hydrogen) atoms. The molecule has 0 aliphatic carbocycles. The van der Waals surface area contributed by atoms with Crippen molar-refractivity contribution in [3.63, 3.8) is 0 Å². The van der Waals surface area contributed by atoms with Crippen molar-refractivity contribution in [2.24, 2.45) is 0 Å². The first-order valence-electron chi connectivity index (χ1n) is 12.3. The summed E-state index contributed by atoms with van der Waals surface area (Å²) in [4.78, 5) is 33.4. The molecule has 12 heteroatoms. The lowest BCUT2D eigenvalue weighted by Crippen LogP contribution is -2.31. The van der Waals surface area contributed by atoms with E-state index >= 15 is 0 Å². The molecular formula is C28H26ClFN8O2. The van der Waals surface area contributed by atoms with Gasteiger partial charge in [0.05, 0.1) is 28.0 Å². The molecule has 6 N–H and O–H groups in total. The Morgan fingerprint density at radius 1 is 1.30 bits per heavy atom. The number of aromatic nitrogens is 2. The standard InChI is InChI=1S/C28H26ClFN8O2/c1-33-17-10-11-18-22(12-17)35-24(39)9-4-2-3-7-21(27-36-23(14-32)26(18)38-27)37-28(40)16(13-31)15-34-20-8-5-6-19(29)25(20)30/h2-3,5-6,8,10-13,15,21,31,33-34H,4,7,9H2,1H3,(H,35,39)(H,36,38)(H,37,40)/b3-2+,16-15+,31-13?/t21-/m0/s1. The Bertz CT molecular complexity index is 1560. The molecule has 1 aliphatic heterocycles. The molecule has 0 saturated heterocycles. The maximum Gasteiger partial charge on any atom is 0.254 e. The molecule has 1 aromatic heterocycles. The number of carbonyl (C=O) groups is 2. The first-order chi connectivity index (χ1) is 19.3. The van der Waals surface area contributed by atoms with E-state index in [0.29, 0.717) is 35.6 Å². The van der Waals surface area contributed by atoms with Crippen LogP contribution in [0.4, 0.5) is 21.5 Å². The summed E-state index contributed by atoms with van der Waals surface area (Å²) in [5.74, 6) is -1.19. The molecular weight excluding hydrogens is 535 g/mol. The second kappa shape index (κ2) is 12.7. The molecule has 3 aromatic rings. The van der Waals surface area contributed by atoms with Gasteiger partial charge in [0.1, 0.15) is 23.3 Å². The number of nitriles is 1. The van der Waals surface area contributed by atoms with E-state index in [1.165, 1.54) is 18.3 Å². The van der Waals surface area contributed by atoms with E-state index in [9.17, 15) is 19.2 Å². The highest BCUT2D eigenvalue weighted by Crippen LogP contribution is 2.33. The summed E-state index contributed by atoms with van der Waals surface area (Å²) in [5.41, 5.74) is 2.23. The van der Waals surface area contributed by atoms with E-state index in [-0.39, 0.29) is 34.3 Å². The number of aromatic amines is 1. The second-order valence-corrected chi connectivity index (χ2v) is 9.18. The van der Waals surface area contributed by atoms with Crippen LogP contribution in [0.5, 0.6) is 0 Å². The van der Waals surface area contributed by atoms with Gasteiger partial charge in [-0.25, -0.2) is 9.37 Å². The number of imidazole rings is 1. The van der Waals surface area contributed by atoms with E-state index in [1.807, 2.05) is 12.2 Å². The first kappa shape index (κ1) is 28.1. The Morgan fingerprint density at radius 2 is 2.12 bits per heavy atom. The molecule has 2 amide bonds. The Hall–Kier alpha value is -4.95. The van der Waals surface area contributed by atoms with E-state index in [2.05, 4.69) is 37.3 Å². The highest BCUT2D eigenvalue weighted by molar-refractivity contribution is 6.31. The van der Waals surface area contributed by atoms with Gasteiger partial charge in [-0.3, -0.25) is 9.59 Å². The maximum absolute atomic E-state index is 14.2. The van der Waals surface area contributed by atoms with Gasteiger partial charge in [0.15, 0.2) is 5.82 Å².